The summed E-state index contributed by atoms with van der Waals surface area (Å²) in [7, 11) is -3.20. The molecule has 2 aromatic heterocycles. The molecule has 12 aromatic carbocycles. The topological polar surface area (TPSA) is 58.0 Å². The Kier molecular flexibility index (Phi) is 12.8. The highest BCUT2D eigenvalue weighted by Crippen LogP contribution is 2.45. The van der Waals surface area contributed by atoms with Gasteiger partial charge in [0, 0.05) is 67.5 Å². The van der Waals surface area contributed by atoms with E-state index < -0.39 is 8.07 Å². The average molecular weight is 1130 g/mol. The highest BCUT2D eigenvalue weighted by Gasteiger charge is 2.54. The lowest BCUT2D eigenvalue weighted by Crippen LogP contribution is -2.70. The first kappa shape index (κ1) is 51.3. The molecule has 0 amide bonds. The van der Waals surface area contributed by atoms with Crippen LogP contribution in [0.1, 0.15) is 0 Å². The summed E-state index contributed by atoms with van der Waals surface area (Å²) < 4.78 is 0. The van der Waals surface area contributed by atoms with E-state index >= 15 is 0 Å². The SMILES string of the molecule is c1ccc(-c2cc(-c3ccccc3)nc(-c3ccc4c(c3)-c3cc(-c5nc(-c6ccccc6)cc(-c6ccccc6)n5)ccc3[Si]43c4ccc(N(c5ccccc5)c5ccccc5)cc4-c4cc(N(c5ccccc5)c5ccccc5)ccc43)n2)cc1. The van der Waals surface area contributed by atoms with E-state index in [1.54, 1.807) is 0 Å². The lowest BCUT2D eigenvalue weighted by Gasteiger charge is -2.30. The van der Waals surface area contributed by atoms with E-state index in [1.165, 1.54) is 31.9 Å². The van der Waals surface area contributed by atoms with Crippen molar-refractivity contribution in [2.24, 2.45) is 0 Å². The molecule has 1 spiro atoms. The molecule has 0 fully saturated rings. The van der Waals surface area contributed by atoms with Gasteiger partial charge in [-0.2, -0.15) is 0 Å². The second kappa shape index (κ2) is 21.7. The Bertz CT molecular complexity index is 4340. The van der Waals surface area contributed by atoms with Gasteiger partial charge in [0.15, 0.2) is 19.7 Å². The standard InChI is InChI=1S/C80H54N6Si/c1-9-25-55(26-10-1)71-53-72(56-27-11-2-12-28-56)82-79(81-71)59-41-45-75-67(49-59)68-50-60(80-83-73(57-29-13-3-14-30-57)54-74(84-80)58-31-15-4-16-32-58)42-46-76(68)87(75)77-47-43-65(85(61-33-17-5-18-34-61)62-35-19-6-20-36-62)51-69(77)70-52-66(44-48-78(70)87)86(63-37-21-7-22-38-63)64-39-23-8-24-40-64/h1-54H. The fourth-order valence-electron chi connectivity index (χ4n) is 13.2. The van der Waals surface area contributed by atoms with Crippen LogP contribution in [0.15, 0.2) is 328 Å². The van der Waals surface area contributed by atoms with Gasteiger partial charge in [-0.3, -0.25) is 0 Å². The summed E-state index contributed by atoms with van der Waals surface area (Å²) in [6, 6.07) is 117. The van der Waals surface area contributed by atoms with E-state index in [2.05, 4.69) is 313 Å². The fraction of sp³-hybridized carbons (Fsp3) is 0. The molecule has 408 valence electrons. The molecule has 4 heterocycles. The molecule has 0 atom stereocenters. The number of hydrogen-bond donors (Lipinski definition) is 0. The minimum atomic E-state index is -3.20. The third kappa shape index (κ3) is 9.04. The molecule has 0 radical (unpaired) electrons. The van der Waals surface area contributed by atoms with Gasteiger partial charge in [-0.1, -0.05) is 231 Å². The van der Waals surface area contributed by atoms with Gasteiger partial charge in [-0.25, -0.2) is 19.9 Å². The van der Waals surface area contributed by atoms with Crippen molar-refractivity contribution in [3.63, 3.8) is 0 Å². The first-order chi connectivity index (χ1) is 43.1. The van der Waals surface area contributed by atoms with Crippen LogP contribution in [0.4, 0.5) is 34.1 Å². The number of aromatic nitrogens is 4. The summed E-state index contributed by atoms with van der Waals surface area (Å²) in [5.74, 6) is 1.32. The van der Waals surface area contributed by atoms with E-state index in [4.69, 9.17) is 19.9 Å². The molecular weight excluding hydrogens is 1070 g/mol. The van der Waals surface area contributed by atoms with E-state index in [0.29, 0.717) is 11.6 Å². The van der Waals surface area contributed by atoms with Crippen molar-refractivity contribution in [1.82, 2.24) is 19.9 Å². The fourth-order valence-corrected chi connectivity index (χ4v) is 18.7. The van der Waals surface area contributed by atoms with Crippen LogP contribution in [0.5, 0.6) is 0 Å². The van der Waals surface area contributed by atoms with Crippen LogP contribution in [-0.4, -0.2) is 28.0 Å². The highest BCUT2D eigenvalue weighted by molar-refractivity contribution is 7.24. The third-order valence-electron chi connectivity index (χ3n) is 17.1. The highest BCUT2D eigenvalue weighted by atomic mass is 28.3. The molecule has 6 nitrogen and oxygen atoms in total. The molecule has 7 heteroatoms. The number of para-hydroxylation sites is 4. The minimum absolute atomic E-state index is 0.662. The molecular formula is C80H54N6Si. The Morgan fingerprint density at radius 2 is 0.437 bits per heavy atom. The van der Waals surface area contributed by atoms with Crippen LogP contribution in [0.25, 0.3) is 90.1 Å². The van der Waals surface area contributed by atoms with Gasteiger partial charge in [0.1, 0.15) is 0 Å². The van der Waals surface area contributed by atoms with Crippen molar-refractivity contribution in [1.29, 1.82) is 0 Å². The Hall–Kier alpha value is -11.4. The normalized spacial score (nSPS) is 12.2. The van der Waals surface area contributed by atoms with Gasteiger partial charge in [0.05, 0.1) is 22.8 Å². The predicted molar refractivity (Wildman–Crippen MR) is 361 cm³/mol. The molecule has 0 aliphatic carbocycles. The maximum Gasteiger partial charge on any atom is 0.182 e. The number of anilines is 6. The van der Waals surface area contributed by atoms with Gasteiger partial charge in [0.2, 0.25) is 0 Å². The molecule has 87 heavy (non-hydrogen) atoms. The number of rotatable bonds is 12. The molecule has 0 saturated heterocycles. The van der Waals surface area contributed by atoms with Gasteiger partial charge in [0.25, 0.3) is 0 Å². The Morgan fingerprint density at radius 3 is 0.713 bits per heavy atom. The Balaban J connectivity index is 0.966. The van der Waals surface area contributed by atoms with Gasteiger partial charge in [-0.05, 0) is 140 Å². The van der Waals surface area contributed by atoms with E-state index in [-0.39, 0.29) is 0 Å². The Morgan fingerprint density at radius 1 is 0.195 bits per heavy atom. The van der Waals surface area contributed by atoms with Crippen molar-refractivity contribution in [3.8, 4) is 90.1 Å². The van der Waals surface area contributed by atoms with Crippen LogP contribution in [0.2, 0.25) is 0 Å². The summed E-state index contributed by atoms with van der Waals surface area (Å²) in [4.78, 5) is 26.4. The van der Waals surface area contributed by atoms with Gasteiger partial charge in [-0.15, -0.1) is 0 Å². The first-order valence-corrected chi connectivity index (χ1v) is 31.5. The maximum absolute atomic E-state index is 5.41. The quantitative estimate of drug-likeness (QED) is 0.114. The van der Waals surface area contributed by atoms with Crippen molar-refractivity contribution >= 4 is 62.9 Å². The number of hydrogen-bond acceptors (Lipinski definition) is 6. The predicted octanol–water partition coefficient (Wildman–Crippen LogP) is 17.5. The summed E-state index contributed by atoms with van der Waals surface area (Å²) in [5, 5.41) is 5.31. The summed E-state index contributed by atoms with van der Waals surface area (Å²) in [5.41, 5.74) is 20.7. The van der Waals surface area contributed by atoms with Crippen LogP contribution in [0.3, 0.4) is 0 Å². The zero-order chi connectivity index (χ0) is 57.7. The van der Waals surface area contributed by atoms with E-state index in [9.17, 15) is 0 Å². The molecule has 0 unspecified atom stereocenters. The van der Waals surface area contributed by atoms with Gasteiger partial charge < -0.3 is 9.80 Å². The number of benzene rings is 12. The van der Waals surface area contributed by atoms with Crippen LogP contribution in [0, 0.1) is 0 Å². The summed E-state index contributed by atoms with van der Waals surface area (Å²) >= 11 is 0. The molecule has 2 aliphatic rings. The molecule has 0 N–H and O–H groups in total. The summed E-state index contributed by atoms with van der Waals surface area (Å²) in [6.45, 7) is 0. The number of nitrogens with zero attached hydrogens (tertiary/aromatic N) is 6. The van der Waals surface area contributed by atoms with Crippen LogP contribution >= 0.6 is 0 Å². The van der Waals surface area contributed by atoms with Crippen LogP contribution < -0.4 is 30.5 Å². The minimum Gasteiger partial charge on any atom is -0.310 e. The third-order valence-corrected chi connectivity index (χ3v) is 22.0. The van der Waals surface area contributed by atoms with Crippen molar-refractivity contribution < 1.29 is 0 Å². The molecule has 14 aromatic rings. The average Bonchev–Trinajstić information content (AvgIpc) is 1.52. The molecule has 16 rings (SSSR count). The van der Waals surface area contributed by atoms with Crippen LogP contribution in [-0.2, 0) is 0 Å². The van der Waals surface area contributed by atoms with Crippen molar-refractivity contribution in [2.45, 2.75) is 0 Å². The van der Waals surface area contributed by atoms with E-state index in [0.717, 1.165) is 101 Å². The zero-order valence-electron chi connectivity index (χ0n) is 47.4. The lowest BCUT2D eigenvalue weighted by atomic mass is 10.00. The zero-order valence-corrected chi connectivity index (χ0v) is 48.4. The number of fused-ring (bicyclic) bond motifs is 10. The van der Waals surface area contributed by atoms with E-state index in [1.807, 2.05) is 24.3 Å². The largest absolute Gasteiger partial charge is 0.310 e. The van der Waals surface area contributed by atoms with Crippen molar-refractivity contribution in [2.75, 3.05) is 9.80 Å². The second-order valence-corrected chi connectivity index (χ2v) is 25.8. The Labute approximate surface area is 507 Å². The smallest absolute Gasteiger partial charge is 0.182 e. The molecule has 0 saturated carbocycles. The second-order valence-electron chi connectivity index (χ2n) is 22.1. The lowest BCUT2D eigenvalue weighted by molar-refractivity contribution is 1.18. The molecule has 2 aliphatic heterocycles. The monoisotopic (exact) mass is 1130 g/mol. The maximum atomic E-state index is 5.41. The van der Waals surface area contributed by atoms with Crippen molar-refractivity contribution in [3.05, 3.63) is 328 Å². The first-order valence-electron chi connectivity index (χ1n) is 29.5. The summed E-state index contributed by atoms with van der Waals surface area (Å²) in [6.07, 6.45) is 0. The molecule has 0 bridgehead atoms. The van der Waals surface area contributed by atoms with Gasteiger partial charge >= 0.3 is 0 Å².